The summed E-state index contributed by atoms with van der Waals surface area (Å²) in [5.74, 6) is 0.791. The van der Waals surface area contributed by atoms with Crippen LogP contribution in [0.15, 0.2) is 24.3 Å². The third-order valence-electron chi connectivity index (χ3n) is 2.81. The maximum atomic E-state index is 11.4. The predicted molar refractivity (Wildman–Crippen MR) is 82.0 cm³/mol. The van der Waals surface area contributed by atoms with E-state index in [0.717, 1.165) is 28.3 Å². The minimum absolute atomic E-state index is 0.000815. The molecule has 0 unspecified atom stereocenters. The summed E-state index contributed by atoms with van der Waals surface area (Å²) >= 11 is 1.47. The fraction of sp³-hybridized carbons (Fsp3) is 0.357. The number of hydrogen-bond donors (Lipinski definition) is 0. The molecule has 0 aliphatic carbocycles. The molecule has 0 N–H and O–H groups in total. The van der Waals surface area contributed by atoms with Crippen LogP contribution < -0.4 is 4.74 Å². The number of aryl methyl sites for hydroxylation is 1. The molecule has 1 aromatic carbocycles. The molecule has 0 fully saturated rings. The minimum atomic E-state index is -3.05. The molecule has 0 saturated carbocycles. The van der Waals surface area contributed by atoms with Crippen molar-refractivity contribution in [1.82, 2.24) is 4.98 Å². The summed E-state index contributed by atoms with van der Waals surface area (Å²) in [4.78, 5) is 5.60. The number of rotatable bonds is 5. The quantitative estimate of drug-likeness (QED) is 0.852. The first-order valence-corrected chi connectivity index (χ1v) is 9.11. The van der Waals surface area contributed by atoms with Crippen LogP contribution in [0.2, 0.25) is 0 Å². The van der Waals surface area contributed by atoms with Gasteiger partial charge >= 0.3 is 0 Å². The van der Waals surface area contributed by atoms with Gasteiger partial charge in [-0.15, -0.1) is 11.3 Å². The minimum Gasteiger partial charge on any atom is -0.497 e. The lowest BCUT2D eigenvalue weighted by atomic mass is 10.1. The van der Waals surface area contributed by atoms with Gasteiger partial charge in [-0.2, -0.15) is 0 Å². The molecular weight excluding hydrogens is 294 g/mol. The fourth-order valence-electron chi connectivity index (χ4n) is 1.90. The summed E-state index contributed by atoms with van der Waals surface area (Å²) in [5, 5.41) is 0.648. The van der Waals surface area contributed by atoms with E-state index in [1.807, 2.05) is 31.2 Å². The van der Waals surface area contributed by atoms with Crippen molar-refractivity contribution in [2.75, 3.05) is 13.4 Å². The Kier molecular flexibility index (Phi) is 4.45. The number of methoxy groups -OCH3 is 1. The van der Waals surface area contributed by atoms with Gasteiger partial charge in [0.05, 0.1) is 12.8 Å². The first-order valence-electron chi connectivity index (χ1n) is 6.23. The van der Waals surface area contributed by atoms with Gasteiger partial charge in [0.15, 0.2) is 9.84 Å². The van der Waals surface area contributed by atoms with Crippen molar-refractivity contribution in [3.05, 3.63) is 34.2 Å². The number of aromatic nitrogens is 1. The molecule has 1 aromatic heterocycles. The lowest BCUT2D eigenvalue weighted by molar-refractivity contribution is 0.415. The summed E-state index contributed by atoms with van der Waals surface area (Å²) in [7, 11) is -1.43. The molecule has 108 valence electrons. The molecule has 4 nitrogen and oxygen atoms in total. The number of nitrogens with zero attached hydrogens (tertiary/aromatic N) is 1. The molecule has 0 aliphatic rings. The second-order valence-corrected chi connectivity index (χ2v) is 7.84. The van der Waals surface area contributed by atoms with E-state index in [-0.39, 0.29) is 5.75 Å². The number of hydrogen-bond acceptors (Lipinski definition) is 5. The van der Waals surface area contributed by atoms with E-state index in [4.69, 9.17) is 4.74 Å². The van der Waals surface area contributed by atoms with Crippen molar-refractivity contribution in [3.63, 3.8) is 0 Å². The van der Waals surface area contributed by atoms with E-state index in [2.05, 4.69) is 4.98 Å². The summed E-state index contributed by atoms with van der Waals surface area (Å²) in [6, 6.07) is 7.64. The molecular formula is C14H17NO3S2. The molecule has 2 aromatic rings. The number of thiazole rings is 1. The van der Waals surface area contributed by atoms with E-state index < -0.39 is 9.84 Å². The molecule has 0 atom stereocenters. The molecule has 0 radical (unpaired) electrons. The Bertz CT molecular complexity index is 688. The topological polar surface area (TPSA) is 56.3 Å². The second-order valence-electron chi connectivity index (χ2n) is 4.53. The Hall–Kier alpha value is -1.40. The zero-order valence-electron chi connectivity index (χ0n) is 11.7. The van der Waals surface area contributed by atoms with Gasteiger partial charge in [-0.3, -0.25) is 0 Å². The van der Waals surface area contributed by atoms with Crippen molar-refractivity contribution in [1.29, 1.82) is 0 Å². The monoisotopic (exact) mass is 311 g/mol. The van der Waals surface area contributed by atoms with Gasteiger partial charge in [0.2, 0.25) is 0 Å². The summed E-state index contributed by atoms with van der Waals surface area (Å²) in [6.45, 7) is 2.05. The molecule has 0 amide bonds. The van der Waals surface area contributed by atoms with E-state index in [1.165, 1.54) is 17.6 Å². The van der Waals surface area contributed by atoms with Gasteiger partial charge < -0.3 is 4.74 Å². The van der Waals surface area contributed by atoms with Crippen LogP contribution in [-0.4, -0.2) is 26.8 Å². The number of sulfone groups is 1. The van der Waals surface area contributed by atoms with Gasteiger partial charge in [0, 0.05) is 16.7 Å². The van der Waals surface area contributed by atoms with E-state index in [0.29, 0.717) is 5.01 Å². The average Bonchev–Trinajstić information content (AvgIpc) is 2.79. The van der Waals surface area contributed by atoms with Crippen molar-refractivity contribution in [2.45, 2.75) is 19.1 Å². The SMILES string of the molecule is CCc1sc(CS(C)(=O)=O)nc1-c1ccc(OC)cc1. The molecule has 6 heteroatoms. The molecule has 0 saturated heterocycles. The highest BCUT2D eigenvalue weighted by Gasteiger charge is 2.15. The highest BCUT2D eigenvalue weighted by atomic mass is 32.2. The standard InChI is InChI=1S/C14H17NO3S2/c1-4-12-14(10-5-7-11(18-2)8-6-10)15-13(19-12)9-20(3,16)17/h5-8H,4,9H2,1-3H3. The van der Waals surface area contributed by atoms with E-state index >= 15 is 0 Å². The van der Waals surface area contributed by atoms with Gasteiger partial charge in [0.25, 0.3) is 0 Å². The Morgan fingerprint density at radius 1 is 1.25 bits per heavy atom. The average molecular weight is 311 g/mol. The number of benzene rings is 1. The van der Waals surface area contributed by atoms with Crippen LogP contribution in [-0.2, 0) is 22.0 Å². The summed E-state index contributed by atoms with van der Waals surface area (Å²) in [6.07, 6.45) is 2.07. The van der Waals surface area contributed by atoms with Crippen LogP contribution in [0.3, 0.4) is 0 Å². The smallest absolute Gasteiger partial charge is 0.153 e. The van der Waals surface area contributed by atoms with Crippen LogP contribution >= 0.6 is 11.3 Å². The maximum absolute atomic E-state index is 11.4. The van der Waals surface area contributed by atoms with Crippen LogP contribution in [0, 0.1) is 0 Å². The van der Waals surface area contributed by atoms with Crippen LogP contribution in [0.4, 0.5) is 0 Å². The zero-order chi connectivity index (χ0) is 14.8. The lowest BCUT2D eigenvalue weighted by Gasteiger charge is -2.02. The second kappa shape index (κ2) is 5.93. The summed E-state index contributed by atoms with van der Waals surface area (Å²) in [5.41, 5.74) is 1.86. The highest BCUT2D eigenvalue weighted by Crippen LogP contribution is 2.30. The molecule has 2 rings (SSSR count). The van der Waals surface area contributed by atoms with Crippen molar-refractivity contribution in [2.24, 2.45) is 0 Å². The summed E-state index contributed by atoms with van der Waals surface area (Å²) < 4.78 is 27.9. The normalized spacial score (nSPS) is 11.6. The van der Waals surface area contributed by atoms with Crippen molar-refractivity contribution < 1.29 is 13.2 Å². The molecule has 0 spiro atoms. The van der Waals surface area contributed by atoms with Crippen LogP contribution in [0.25, 0.3) is 11.3 Å². The Balaban J connectivity index is 2.39. The Morgan fingerprint density at radius 3 is 2.40 bits per heavy atom. The fourth-order valence-corrected chi connectivity index (χ4v) is 4.12. The van der Waals surface area contributed by atoms with Crippen LogP contribution in [0.1, 0.15) is 16.8 Å². The Labute approximate surface area is 123 Å². The van der Waals surface area contributed by atoms with Gasteiger partial charge in [0.1, 0.15) is 16.5 Å². The molecule has 1 heterocycles. The van der Waals surface area contributed by atoms with E-state index in [9.17, 15) is 8.42 Å². The predicted octanol–water partition coefficient (Wildman–Crippen LogP) is 2.93. The third kappa shape index (κ3) is 3.58. The van der Waals surface area contributed by atoms with Gasteiger partial charge in [-0.25, -0.2) is 13.4 Å². The third-order valence-corrected chi connectivity index (χ3v) is 4.99. The molecule has 20 heavy (non-hydrogen) atoms. The molecule has 0 aliphatic heterocycles. The first-order chi connectivity index (χ1) is 9.43. The van der Waals surface area contributed by atoms with Crippen LogP contribution in [0.5, 0.6) is 5.75 Å². The lowest BCUT2D eigenvalue weighted by Crippen LogP contribution is -1.99. The largest absolute Gasteiger partial charge is 0.497 e. The van der Waals surface area contributed by atoms with Crippen molar-refractivity contribution in [3.8, 4) is 17.0 Å². The van der Waals surface area contributed by atoms with Crippen molar-refractivity contribution >= 4 is 21.2 Å². The zero-order valence-corrected chi connectivity index (χ0v) is 13.3. The highest BCUT2D eigenvalue weighted by molar-refractivity contribution is 7.90. The van der Waals surface area contributed by atoms with E-state index in [1.54, 1.807) is 7.11 Å². The first kappa shape index (κ1) is 15.0. The number of ether oxygens (including phenoxy) is 1. The molecule has 0 bridgehead atoms. The van der Waals surface area contributed by atoms with Gasteiger partial charge in [-0.1, -0.05) is 6.92 Å². The van der Waals surface area contributed by atoms with Gasteiger partial charge in [-0.05, 0) is 30.7 Å². The Morgan fingerprint density at radius 2 is 1.90 bits per heavy atom. The maximum Gasteiger partial charge on any atom is 0.153 e.